The van der Waals surface area contributed by atoms with Gasteiger partial charge in [0, 0.05) is 11.3 Å². The van der Waals surface area contributed by atoms with Gasteiger partial charge in [-0.15, -0.1) is 0 Å². The van der Waals surface area contributed by atoms with Crippen LogP contribution >= 0.6 is 0 Å². The second-order valence-electron chi connectivity index (χ2n) is 4.45. The summed E-state index contributed by atoms with van der Waals surface area (Å²) in [5.74, 6) is 0.418. The van der Waals surface area contributed by atoms with Crippen molar-refractivity contribution in [2.24, 2.45) is 5.16 Å². The van der Waals surface area contributed by atoms with Gasteiger partial charge in [0.2, 0.25) is 0 Å². The molecule has 0 radical (unpaired) electrons. The molecule has 0 heterocycles. The number of anilines is 1. The number of carbonyl (C=O) groups excluding carboxylic acids is 1. The summed E-state index contributed by atoms with van der Waals surface area (Å²) in [6.07, 6.45) is 0. The van der Waals surface area contributed by atoms with Gasteiger partial charge in [-0.2, -0.15) is 0 Å². The van der Waals surface area contributed by atoms with Crippen LogP contribution in [0.4, 0.5) is 5.69 Å². The zero-order valence-corrected chi connectivity index (χ0v) is 11.8. The van der Waals surface area contributed by atoms with Crippen LogP contribution in [0.2, 0.25) is 0 Å². The van der Waals surface area contributed by atoms with Gasteiger partial charge in [-0.3, -0.25) is 4.79 Å². The number of nitrogens with one attached hydrogen (secondary N) is 1. The van der Waals surface area contributed by atoms with Gasteiger partial charge in [-0.1, -0.05) is 23.4 Å². The smallest absolute Gasteiger partial charge is 0.255 e. The molecule has 0 spiro atoms. The van der Waals surface area contributed by atoms with Gasteiger partial charge in [0.1, 0.15) is 5.75 Å². The highest BCUT2D eigenvalue weighted by molar-refractivity contribution is 6.05. The Morgan fingerprint density at radius 1 is 1.14 bits per heavy atom. The molecule has 2 aromatic rings. The predicted octanol–water partition coefficient (Wildman–Crippen LogP) is 3.15. The summed E-state index contributed by atoms with van der Waals surface area (Å²) in [4.78, 5) is 12.1. The second kappa shape index (κ2) is 6.56. The number of methoxy groups -OCH3 is 1. The Kier molecular flexibility index (Phi) is 4.56. The molecule has 0 aliphatic heterocycles. The fourth-order valence-electron chi connectivity index (χ4n) is 1.82. The van der Waals surface area contributed by atoms with Crippen molar-refractivity contribution < 1.29 is 14.7 Å². The van der Waals surface area contributed by atoms with Gasteiger partial charge in [0.05, 0.1) is 12.8 Å². The van der Waals surface area contributed by atoms with E-state index in [4.69, 9.17) is 9.94 Å². The topological polar surface area (TPSA) is 70.9 Å². The van der Waals surface area contributed by atoms with Crippen LogP contribution in [0.5, 0.6) is 5.75 Å². The van der Waals surface area contributed by atoms with Crippen LogP contribution in [0.25, 0.3) is 0 Å². The van der Waals surface area contributed by atoms with Crippen molar-refractivity contribution in [2.75, 3.05) is 12.4 Å². The van der Waals surface area contributed by atoms with Crippen molar-refractivity contribution >= 4 is 17.3 Å². The molecule has 0 bridgehead atoms. The van der Waals surface area contributed by atoms with Crippen LogP contribution in [0.3, 0.4) is 0 Å². The molecule has 0 unspecified atom stereocenters. The Bertz CT molecular complexity index is 663. The lowest BCUT2D eigenvalue weighted by Gasteiger charge is -2.07. The van der Waals surface area contributed by atoms with Crippen LogP contribution in [-0.2, 0) is 0 Å². The minimum absolute atomic E-state index is 0.214. The number of amides is 1. The van der Waals surface area contributed by atoms with Crippen LogP contribution in [0.1, 0.15) is 22.8 Å². The van der Waals surface area contributed by atoms with Crippen LogP contribution in [0.15, 0.2) is 53.7 Å². The molecule has 2 aromatic carbocycles. The second-order valence-corrected chi connectivity index (χ2v) is 4.45. The maximum atomic E-state index is 12.1. The Labute approximate surface area is 122 Å². The van der Waals surface area contributed by atoms with E-state index in [1.54, 1.807) is 62.6 Å². The van der Waals surface area contributed by atoms with Gasteiger partial charge in [0.25, 0.3) is 5.91 Å². The SMILES string of the molecule is COc1cccc(C(=O)Nc2ccc(C(C)=NO)cc2)c1. The molecule has 2 N–H and O–H groups in total. The Morgan fingerprint density at radius 3 is 2.48 bits per heavy atom. The number of nitrogens with zero attached hydrogens (tertiary/aromatic N) is 1. The number of oxime groups is 1. The monoisotopic (exact) mass is 284 g/mol. The first-order valence-corrected chi connectivity index (χ1v) is 6.38. The fourth-order valence-corrected chi connectivity index (χ4v) is 1.82. The highest BCUT2D eigenvalue weighted by Gasteiger charge is 2.07. The van der Waals surface area contributed by atoms with E-state index in [0.29, 0.717) is 22.7 Å². The van der Waals surface area contributed by atoms with Crippen molar-refractivity contribution in [1.82, 2.24) is 0 Å². The van der Waals surface area contributed by atoms with Crippen molar-refractivity contribution in [2.45, 2.75) is 6.92 Å². The van der Waals surface area contributed by atoms with E-state index in [9.17, 15) is 4.79 Å². The van der Waals surface area contributed by atoms with Gasteiger partial charge in [0.15, 0.2) is 0 Å². The zero-order chi connectivity index (χ0) is 15.2. The Morgan fingerprint density at radius 2 is 1.86 bits per heavy atom. The van der Waals surface area contributed by atoms with E-state index in [-0.39, 0.29) is 5.91 Å². The molecule has 1 amide bonds. The number of rotatable bonds is 4. The van der Waals surface area contributed by atoms with E-state index in [0.717, 1.165) is 5.56 Å². The van der Waals surface area contributed by atoms with Gasteiger partial charge in [-0.05, 0) is 42.8 Å². The summed E-state index contributed by atoms with van der Waals surface area (Å²) in [5.41, 5.74) is 2.49. The lowest BCUT2D eigenvalue weighted by Crippen LogP contribution is -2.12. The molecule has 0 fully saturated rings. The number of hydrogen-bond donors (Lipinski definition) is 2. The lowest BCUT2D eigenvalue weighted by atomic mass is 10.1. The van der Waals surface area contributed by atoms with Crippen LogP contribution in [-0.4, -0.2) is 23.9 Å². The average molecular weight is 284 g/mol. The molecule has 0 saturated carbocycles. The summed E-state index contributed by atoms with van der Waals surface area (Å²) in [7, 11) is 1.56. The van der Waals surface area contributed by atoms with E-state index < -0.39 is 0 Å². The third kappa shape index (κ3) is 3.60. The maximum absolute atomic E-state index is 12.1. The zero-order valence-electron chi connectivity index (χ0n) is 11.8. The van der Waals surface area contributed by atoms with E-state index in [1.807, 2.05) is 0 Å². The van der Waals surface area contributed by atoms with Gasteiger partial charge < -0.3 is 15.3 Å². The lowest BCUT2D eigenvalue weighted by molar-refractivity contribution is 0.102. The number of benzene rings is 2. The minimum Gasteiger partial charge on any atom is -0.497 e. The summed E-state index contributed by atoms with van der Waals surface area (Å²) in [6, 6.07) is 14.0. The number of carbonyl (C=O) groups is 1. The summed E-state index contributed by atoms with van der Waals surface area (Å²) in [6.45, 7) is 1.70. The molecule has 5 nitrogen and oxygen atoms in total. The third-order valence-corrected chi connectivity index (χ3v) is 3.04. The van der Waals surface area contributed by atoms with Crippen LogP contribution in [0, 0.1) is 0 Å². The molecule has 21 heavy (non-hydrogen) atoms. The first kappa shape index (κ1) is 14.6. The highest BCUT2D eigenvalue weighted by Crippen LogP contribution is 2.15. The molecule has 0 atom stereocenters. The highest BCUT2D eigenvalue weighted by atomic mass is 16.5. The number of ether oxygens (including phenoxy) is 1. The molecule has 0 saturated heterocycles. The van der Waals surface area contributed by atoms with E-state index >= 15 is 0 Å². The Balaban J connectivity index is 2.12. The molecular formula is C16H16N2O3. The molecule has 5 heteroatoms. The molecule has 0 aliphatic carbocycles. The molecular weight excluding hydrogens is 268 g/mol. The third-order valence-electron chi connectivity index (χ3n) is 3.04. The molecule has 0 aromatic heterocycles. The first-order valence-electron chi connectivity index (χ1n) is 6.38. The minimum atomic E-state index is -0.214. The molecule has 2 rings (SSSR count). The fraction of sp³-hybridized carbons (Fsp3) is 0.125. The quantitative estimate of drug-likeness (QED) is 0.514. The van der Waals surface area contributed by atoms with E-state index in [1.165, 1.54) is 0 Å². The maximum Gasteiger partial charge on any atom is 0.255 e. The summed E-state index contributed by atoms with van der Waals surface area (Å²) >= 11 is 0. The largest absolute Gasteiger partial charge is 0.497 e. The average Bonchev–Trinajstić information content (AvgIpc) is 2.54. The predicted molar refractivity (Wildman–Crippen MR) is 81.4 cm³/mol. The van der Waals surface area contributed by atoms with E-state index in [2.05, 4.69) is 10.5 Å². The molecule has 108 valence electrons. The Hall–Kier alpha value is -2.82. The number of hydrogen-bond acceptors (Lipinski definition) is 4. The van der Waals surface area contributed by atoms with Crippen molar-refractivity contribution in [3.05, 3.63) is 59.7 Å². The van der Waals surface area contributed by atoms with Crippen LogP contribution < -0.4 is 10.1 Å². The summed E-state index contributed by atoms with van der Waals surface area (Å²) < 4.78 is 5.09. The summed E-state index contributed by atoms with van der Waals surface area (Å²) in [5, 5.41) is 14.6. The molecule has 0 aliphatic rings. The van der Waals surface area contributed by atoms with Crippen molar-refractivity contribution in [3.63, 3.8) is 0 Å². The van der Waals surface area contributed by atoms with Gasteiger partial charge >= 0.3 is 0 Å². The van der Waals surface area contributed by atoms with Gasteiger partial charge in [-0.25, -0.2) is 0 Å². The normalized spacial score (nSPS) is 11.0. The first-order chi connectivity index (χ1) is 10.1. The standard InChI is InChI=1S/C16H16N2O3/c1-11(18-20)12-6-8-14(9-7-12)17-16(19)13-4-3-5-15(10-13)21-2/h3-10,20H,1-2H3,(H,17,19). The van der Waals surface area contributed by atoms with Crippen molar-refractivity contribution in [1.29, 1.82) is 0 Å². The van der Waals surface area contributed by atoms with Crippen molar-refractivity contribution in [3.8, 4) is 5.75 Å².